The number of benzene rings is 2. The summed E-state index contributed by atoms with van der Waals surface area (Å²) in [5, 5.41) is 2.84. The number of hydrogen-bond acceptors (Lipinski definition) is 4. The maximum Gasteiger partial charge on any atom is 0.337 e. The SMILES string of the molecule is CCC(Oc1ccccc1C(C)CC)C(=O)Nc1ccc(C(=O)OC)cc1. The number of ether oxygens (including phenoxy) is 2. The van der Waals surface area contributed by atoms with Crippen LogP contribution in [0.5, 0.6) is 5.75 Å². The second-order valence-electron chi connectivity index (χ2n) is 6.42. The van der Waals surface area contributed by atoms with Crippen molar-refractivity contribution in [3.05, 3.63) is 59.7 Å². The van der Waals surface area contributed by atoms with E-state index in [0.717, 1.165) is 17.7 Å². The van der Waals surface area contributed by atoms with Crippen molar-refractivity contribution in [2.24, 2.45) is 0 Å². The van der Waals surface area contributed by atoms with Gasteiger partial charge in [-0.2, -0.15) is 0 Å². The first-order valence-corrected chi connectivity index (χ1v) is 9.24. The molecule has 5 heteroatoms. The Bertz CT molecular complexity index is 770. The van der Waals surface area contributed by atoms with Gasteiger partial charge in [0.1, 0.15) is 5.75 Å². The van der Waals surface area contributed by atoms with Crippen LogP contribution in [0.4, 0.5) is 5.69 Å². The molecule has 0 saturated heterocycles. The number of esters is 1. The van der Waals surface area contributed by atoms with Gasteiger partial charge in [-0.3, -0.25) is 4.79 Å². The second kappa shape index (κ2) is 9.76. The van der Waals surface area contributed by atoms with Gasteiger partial charge in [-0.1, -0.05) is 39.0 Å². The molecule has 0 aliphatic heterocycles. The first kappa shape index (κ1) is 20.5. The average Bonchev–Trinajstić information content (AvgIpc) is 2.71. The zero-order valence-electron chi connectivity index (χ0n) is 16.3. The molecule has 0 spiro atoms. The normalized spacial score (nSPS) is 12.7. The van der Waals surface area contributed by atoms with Gasteiger partial charge in [-0.15, -0.1) is 0 Å². The molecular weight excluding hydrogens is 342 g/mol. The van der Waals surface area contributed by atoms with Crippen LogP contribution >= 0.6 is 0 Å². The molecule has 2 unspecified atom stereocenters. The summed E-state index contributed by atoms with van der Waals surface area (Å²) in [6.45, 7) is 6.19. The first-order chi connectivity index (χ1) is 13.0. The maximum atomic E-state index is 12.6. The highest BCUT2D eigenvalue weighted by Gasteiger charge is 2.21. The number of carbonyl (C=O) groups excluding carboxylic acids is 2. The van der Waals surface area contributed by atoms with E-state index < -0.39 is 12.1 Å². The number of methoxy groups -OCH3 is 1. The molecule has 2 rings (SSSR count). The summed E-state index contributed by atoms with van der Waals surface area (Å²) in [6, 6.07) is 14.4. The molecule has 0 aromatic heterocycles. The van der Waals surface area contributed by atoms with E-state index in [9.17, 15) is 9.59 Å². The number of hydrogen-bond donors (Lipinski definition) is 1. The lowest BCUT2D eigenvalue weighted by molar-refractivity contribution is -0.122. The van der Waals surface area contributed by atoms with Crippen LogP contribution in [0.3, 0.4) is 0 Å². The van der Waals surface area contributed by atoms with E-state index in [0.29, 0.717) is 23.6 Å². The molecule has 5 nitrogen and oxygen atoms in total. The number of amides is 1. The van der Waals surface area contributed by atoms with Gasteiger partial charge < -0.3 is 14.8 Å². The largest absolute Gasteiger partial charge is 0.480 e. The number of para-hydroxylation sites is 1. The summed E-state index contributed by atoms with van der Waals surface area (Å²) in [5.41, 5.74) is 2.14. The maximum absolute atomic E-state index is 12.6. The summed E-state index contributed by atoms with van der Waals surface area (Å²) in [4.78, 5) is 24.1. The summed E-state index contributed by atoms with van der Waals surface area (Å²) in [7, 11) is 1.33. The van der Waals surface area contributed by atoms with Crippen molar-refractivity contribution in [2.45, 2.75) is 45.6 Å². The molecule has 144 valence electrons. The standard InChI is InChI=1S/C22H27NO4/c1-5-15(3)18-9-7-8-10-20(18)27-19(6-2)21(24)23-17-13-11-16(12-14-17)22(25)26-4/h7-15,19H,5-6H2,1-4H3,(H,23,24). The van der Waals surface area contributed by atoms with Crippen molar-refractivity contribution in [2.75, 3.05) is 12.4 Å². The van der Waals surface area contributed by atoms with Gasteiger partial charge in [0.2, 0.25) is 0 Å². The minimum Gasteiger partial charge on any atom is -0.480 e. The Morgan fingerprint density at radius 3 is 2.26 bits per heavy atom. The summed E-state index contributed by atoms with van der Waals surface area (Å²) >= 11 is 0. The monoisotopic (exact) mass is 369 g/mol. The van der Waals surface area contributed by atoms with Crippen LogP contribution in [0, 0.1) is 0 Å². The van der Waals surface area contributed by atoms with Crippen molar-refractivity contribution < 1.29 is 19.1 Å². The highest BCUT2D eigenvalue weighted by atomic mass is 16.5. The molecular formula is C22H27NO4. The minimum atomic E-state index is -0.601. The van der Waals surface area contributed by atoms with Gasteiger partial charge in [-0.05, 0) is 54.7 Å². The van der Waals surface area contributed by atoms with Crippen molar-refractivity contribution in [3.8, 4) is 5.75 Å². The highest BCUT2D eigenvalue weighted by molar-refractivity contribution is 5.95. The molecule has 0 aliphatic rings. The van der Waals surface area contributed by atoms with E-state index in [1.807, 2.05) is 31.2 Å². The fourth-order valence-corrected chi connectivity index (χ4v) is 2.72. The molecule has 27 heavy (non-hydrogen) atoms. The van der Waals surface area contributed by atoms with E-state index in [4.69, 9.17) is 4.74 Å². The number of nitrogens with one attached hydrogen (secondary N) is 1. The van der Waals surface area contributed by atoms with Crippen LogP contribution < -0.4 is 10.1 Å². The van der Waals surface area contributed by atoms with E-state index >= 15 is 0 Å². The van der Waals surface area contributed by atoms with Crippen LogP contribution in [-0.4, -0.2) is 25.1 Å². The van der Waals surface area contributed by atoms with Crippen molar-refractivity contribution in [1.82, 2.24) is 0 Å². The molecule has 0 heterocycles. The Balaban J connectivity index is 2.09. The van der Waals surface area contributed by atoms with Gasteiger partial charge in [0.15, 0.2) is 6.10 Å². The van der Waals surface area contributed by atoms with Gasteiger partial charge in [-0.25, -0.2) is 4.79 Å². The van der Waals surface area contributed by atoms with E-state index in [1.165, 1.54) is 7.11 Å². The molecule has 0 fully saturated rings. The first-order valence-electron chi connectivity index (χ1n) is 9.24. The second-order valence-corrected chi connectivity index (χ2v) is 6.42. The third-order valence-electron chi connectivity index (χ3n) is 4.57. The van der Waals surface area contributed by atoms with Gasteiger partial charge in [0.25, 0.3) is 5.91 Å². The Labute approximate surface area is 160 Å². The Morgan fingerprint density at radius 2 is 1.67 bits per heavy atom. The van der Waals surface area contributed by atoms with Gasteiger partial charge in [0.05, 0.1) is 12.7 Å². The Hall–Kier alpha value is -2.82. The molecule has 0 saturated carbocycles. The van der Waals surface area contributed by atoms with Gasteiger partial charge in [0, 0.05) is 5.69 Å². The number of anilines is 1. The molecule has 2 atom stereocenters. The molecule has 0 bridgehead atoms. The zero-order valence-corrected chi connectivity index (χ0v) is 16.3. The molecule has 1 amide bonds. The van der Waals surface area contributed by atoms with Crippen LogP contribution in [0.1, 0.15) is 55.5 Å². The molecule has 1 N–H and O–H groups in total. The van der Waals surface area contributed by atoms with E-state index in [-0.39, 0.29) is 5.91 Å². The Morgan fingerprint density at radius 1 is 1.00 bits per heavy atom. The van der Waals surface area contributed by atoms with Crippen LogP contribution in [0.2, 0.25) is 0 Å². The predicted molar refractivity (Wildman–Crippen MR) is 106 cm³/mol. The lowest BCUT2D eigenvalue weighted by Gasteiger charge is -2.21. The lowest BCUT2D eigenvalue weighted by atomic mass is 9.98. The average molecular weight is 369 g/mol. The van der Waals surface area contributed by atoms with Crippen molar-refractivity contribution >= 4 is 17.6 Å². The molecule has 2 aromatic carbocycles. The topological polar surface area (TPSA) is 64.6 Å². The fraction of sp³-hybridized carbons (Fsp3) is 0.364. The van der Waals surface area contributed by atoms with E-state index in [1.54, 1.807) is 24.3 Å². The minimum absolute atomic E-state index is 0.220. The van der Waals surface area contributed by atoms with Crippen molar-refractivity contribution in [1.29, 1.82) is 0 Å². The molecule has 0 radical (unpaired) electrons. The van der Waals surface area contributed by atoms with Crippen LogP contribution in [0.15, 0.2) is 48.5 Å². The summed E-state index contributed by atoms with van der Waals surface area (Å²) in [6.07, 6.45) is 0.937. The summed E-state index contributed by atoms with van der Waals surface area (Å²) in [5.74, 6) is 0.467. The zero-order chi connectivity index (χ0) is 19.8. The quantitative estimate of drug-likeness (QED) is 0.680. The smallest absolute Gasteiger partial charge is 0.337 e. The third-order valence-corrected chi connectivity index (χ3v) is 4.57. The van der Waals surface area contributed by atoms with Crippen LogP contribution in [-0.2, 0) is 9.53 Å². The van der Waals surface area contributed by atoms with Gasteiger partial charge >= 0.3 is 5.97 Å². The fourth-order valence-electron chi connectivity index (χ4n) is 2.72. The highest BCUT2D eigenvalue weighted by Crippen LogP contribution is 2.29. The van der Waals surface area contributed by atoms with Crippen molar-refractivity contribution in [3.63, 3.8) is 0 Å². The van der Waals surface area contributed by atoms with E-state index in [2.05, 4.69) is 23.9 Å². The third kappa shape index (κ3) is 5.33. The lowest BCUT2D eigenvalue weighted by Crippen LogP contribution is -2.32. The summed E-state index contributed by atoms with van der Waals surface area (Å²) < 4.78 is 10.7. The Kier molecular flexibility index (Phi) is 7.41. The van der Waals surface area contributed by atoms with Crippen LogP contribution in [0.25, 0.3) is 0 Å². The predicted octanol–water partition coefficient (Wildman–Crippen LogP) is 4.78. The molecule has 0 aliphatic carbocycles. The number of rotatable bonds is 8. The number of carbonyl (C=O) groups is 2. The molecule has 2 aromatic rings.